The van der Waals surface area contributed by atoms with Gasteiger partial charge in [0.25, 0.3) is 0 Å². The van der Waals surface area contributed by atoms with Crippen molar-refractivity contribution in [3.05, 3.63) is 28.9 Å². The first-order valence-electron chi connectivity index (χ1n) is 8.36. The summed E-state index contributed by atoms with van der Waals surface area (Å²) in [6.07, 6.45) is 1.56. The van der Waals surface area contributed by atoms with E-state index >= 15 is 0 Å². The summed E-state index contributed by atoms with van der Waals surface area (Å²) < 4.78 is 27.8. The third-order valence-electron chi connectivity index (χ3n) is 4.19. The number of nitrogens with zero attached hydrogens (tertiary/aromatic N) is 3. The molecule has 144 valence electrons. The van der Waals surface area contributed by atoms with Crippen molar-refractivity contribution in [3.8, 4) is 10.6 Å². The fraction of sp³-hybridized carbons (Fsp3) is 0.353. The number of thiazole rings is 1. The minimum atomic E-state index is -0.747. The summed E-state index contributed by atoms with van der Waals surface area (Å²) in [5, 5.41) is 12.9. The SMILES string of the molecule is CCC(CO)CCNc1nc(N)nc(Cl)c1-c1nc2c(F)cc(F)cc2s1. The highest BCUT2D eigenvalue weighted by Crippen LogP contribution is 2.38. The molecular formula is C17H18ClF2N5OS. The first-order valence-corrected chi connectivity index (χ1v) is 9.56. The lowest BCUT2D eigenvalue weighted by molar-refractivity contribution is 0.217. The van der Waals surface area contributed by atoms with Crippen LogP contribution in [0.3, 0.4) is 0 Å². The summed E-state index contributed by atoms with van der Waals surface area (Å²) >= 11 is 7.34. The summed E-state index contributed by atoms with van der Waals surface area (Å²) in [6, 6.07) is 2.00. The first kappa shape index (κ1) is 19.7. The van der Waals surface area contributed by atoms with E-state index in [9.17, 15) is 13.9 Å². The molecule has 10 heteroatoms. The summed E-state index contributed by atoms with van der Waals surface area (Å²) in [7, 11) is 0. The number of hydrogen-bond acceptors (Lipinski definition) is 7. The van der Waals surface area contributed by atoms with Gasteiger partial charge in [0.05, 0.1) is 10.3 Å². The van der Waals surface area contributed by atoms with Crippen LogP contribution in [0.4, 0.5) is 20.5 Å². The van der Waals surface area contributed by atoms with Crippen LogP contribution in [0.1, 0.15) is 19.8 Å². The second-order valence-electron chi connectivity index (χ2n) is 6.02. The molecule has 0 saturated heterocycles. The van der Waals surface area contributed by atoms with Gasteiger partial charge in [-0.15, -0.1) is 11.3 Å². The molecule has 27 heavy (non-hydrogen) atoms. The van der Waals surface area contributed by atoms with E-state index in [1.54, 1.807) is 0 Å². The first-order chi connectivity index (χ1) is 12.9. The van der Waals surface area contributed by atoms with Crippen molar-refractivity contribution in [2.75, 3.05) is 24.2 Å². The Kier molecular flexibility index (Phi) is 6.03. The molecule has 4 N–H and O–H groups in total. The Morgan fingerprint density at radius 2 is 2.07 bits per heavy atom. The molecule has 1 atom stereocenters. The number of aliphatic hydroxyl groups excluding tert-OH is 1. The number of hydrogen-bond donors (Lipinski definition) is 3. The van der Waals surface area contributed by atoms with Crippen LogP contribution < -0.4 is 11.1 Å². The predicted octanol–water partition coefficient (Wildman–Crippen LogP) is 4.09. The maximum atomic E-state index is 14.0. The molecule has 2 aromatic heterocycles. The quantitative estimate of drug-likeness (QED) is 0.505. The molecule has 6 nitrogen and oxygen atoms in total. The lowest BCUT2D eigenvalue weighted by atomic mass is 10.0. The van der Waals surface area contributed by atoms with Crippen LogP contribution in [0, 0.1) is 17.6 Å². The molecule has 3 aromatic rings. The molecule has 3 rings (SSSR count). The maximum Gasteiger partial charge on any atom is 0.223 e. The number of aromatic nitrogens is 3. The standard InChI is InChI=1S/C17H18ClF2N5OS/c1-2-8(7-26)3-4-22-15-12(14(18)24-17(21)25-15)16-23-13-10(20)5-9(19)6-11(13)27-16/h5-6,8,26H,2-4,7H2,1H3,(H3,21,22,24,25). The molecule has 0 radical (unpaired) electrons. The van der Waals surface area contributed by atoms with E-state index in [0.717, 1.165) is 23.8 Å². The van der Waals surface area contributed by atoms with Gasteiger partial charge in [-0.1, -0.05) is 24.9 Å². The van der Waals surface area contributed by atoms with Gasteiger partial charge in [0.15, 0.2) is 5.82 Å². The van der Waals surface area contributed by atoms with E-state index in [4.69, 9.17) is 17.3 Å². The number of nitrogens with one attached hydrogen (secondary N) is 1. The Labute approximate surface area is 163 Å². The number of halogens is 3. The molecule has 0 saturated carbocycles. The number of benzene rings is 1. The van der Waals surface area contributed by atoms with Gasteiger partial charge in [-0.25, -0.2) is 18.7 Å². The normalized spacial score (nSPS) is 12.5. The number of nitrogen functional groups attached to an aromatic ring is 1. The second-order valence-corrected chi connectivity index (χ2v) is 7.41. The van der Waals surface area contributed by atoms with Gasteiger partial charge in [0.1, 0.15) is 27.3 Å². The number of anilines is 2. The van der Waals surface area contributed by atoms with Crippen molar-refractivity contribution in [1.29, 1.82) is 0 Å². The van der Waals surface area contributed by atoms with Crippen LogP contribution in [0.5, 0.6) is 0 Å². The fourth-order valence-electron chi connectivity index (χ4n) is 2.65. The highest BCUT2D eigenvalue weighted by Gasteiger charge is 2.20. The molecule has 0 aliphatic rings. The molecule has 1 unspecified atom stereocenters. The number of fused-ring (bicyclic) bond motifs is 1. The van der Waals surface area contributed by atoms with E-state index in [0.29, 0.717) is 34.1 Å². The van der Waals surface area contributed by atoms with E-state index < -0.39 is 11.6 Å². The van der Waals surface area contributed by atoms with Gasteiger partial charge in [0, 0.05) is 19.2 Å². The highest BCUT2D eigenvalue weighted by molar-refractivity contribution is 7.21. The predicted molar refractivity (Wildman–Crippen MR) is 104 cm³/mol. The van der Waals surface area contributed by atoms with Crippen LogP contribution in [-0.4, -0.2) is 33.2 Å². The maximum absolute atomic E-state index is 14.0. The summed E-state index contributed by atoms with van der Waals surface area (Å²) in [5.41, 5.74) is 6.13. The lowest BCUT2D eigenvalue weighted by Crippen LogP contribution is -2.13. The molecular weight excluding hydrogens is 396 g/mol. The van der Waals surface area contributed by atoms with Gasteiger partial charge in [0.2, 0.25) is 5.95 Å². The summed E-state index contributed by atoms with van der Waals surface area (Å²) in [4.78, 5) is 12.4. The van der Waals surface area contributed by atoms with Crippen LogP contribution in [-0.2, 0) is 0 Å². The Bertz CT molecular complexity index is 964. The summed E-state index contributed by atoms with van der Waals surface area (Å²) in [5.74, 6) is -0.916. The molecule has 0 aliphatic carbocycles. The Hall–Kier alpha value is -2.10. The average Bonchev–Trinajstić information content (AvgIpc) is 3.02. The van der Waals surface area contributed by atoms with Gasteiger partial charge in [-0.05, 0) is 18.4 Å². The largest absolute Gasteiger partial charge is 0.396 e. The Morgan fingerprint density at radius 3 is 2.78 bits per heavy atom. The van der Waals surface area contributed by atoms with Crippen molar-refractivity contribution in [2.45, 2.75) is 19.8 Å². The molecule has 0 aliphatic heterocycles. The van der Waals surface area contributed by atoms with E-state index in [2.05, 4.69) is 20.3 Å². The average molecular weight is 414 g/mol. The fourth-order valence-corrected chi connectivity index (χ4v) is 4.02. The van der Waals surface area contributed by atoms with Gasteiger partial charge < -0.3 is 16.2 Å². The van der Waals surface area contributed by atoms with Crippen molar-refractivity contribution in [3.63, 3.8) is 0 Å². The lowest BCUT2D eigenvalue weighted by Gasteiger charge is -2.14. The zero-order valence-electron chi connectivity index (χ0n) is 14.5. The minimum absolute atomic E-state index is 0.0150. The van der Waals surface area contributed by atoms with Gasteiger partial charge >= 0.3 is 0 Å². The Morgan fingerprint density at radius 1 is 1.30 bits per heavy atom. The van der Waals surface area contributed by atoms with Gasteiger partial charge in [-0.2, -0.15) is 4.98 Å². The molecule has 0 amide bonds. The number of aliphatic hydroxyl groups is 1. The van der Waals surface area contributed by atoms with E-state index in [-0.39, 0.29) is 29.1 Å². The molecule has 1 aromatic carbocycles. The van der Waals surface area contributed by atoms with E-state index in [1.807, 2.05) is 6.92 Å². The second kappa shape index (κ2) is 8.28. The van der Waals surface area contributed by atoms with Crippen molar-refractivity contribution >= 4 is 44.9 Å². The molecule has 0 bridgehead atoms. The molecule has 2 heterocycles. The topological polar surface area (TPSA) is 97.0 Å². The molecule has 0 fully saturated rings. The Balaban J connectivity index is 1.98. The zero-order valence-corrected chi connectivity index (χ0v) is 16.0. The third kappa shape index (κ3) is 4.26. The molecule has 0 spiro atoms. The monoisotopic (exact) mass is 413 g/mol. The van der Waals surface area contributed by atoms with Crippen LogP contribution in [0.2, 0.25) is 5.15 Å². The number of rotatable bonds is 7. The van der Waals surface area contributed by atoms with Crippen molar-refractivity contribution < 1.29 is 13.9 Å². The zero-order chi connectivity index (χ0) is 19.6. The van der Waals surface area contributed by atoms with Crippen molar-refractivity contribution in [1.82, 2.24) is 15.0 Å². The van der Waals surface area contributed by atoms with Crippen LogP contribution >= 0.6 is 22.9 Å². The van der Waals surface area contributed by atoms with Crippen molar-refractivity contribution in [2.24, 2.45) is 5.92 Å². The summed E-state index contributed by atoms with van der Waals surface area (Å²) in [6.45, 7) is 2.62. The highest BCUT2D eigenvalue weighted by atomic mass is 35.5. The van der Waals surface area contributed by atoms with Gasteiger partial charge in [-0.3, -0.25) is 0 Å². The minimum Gasteiger partial charge on any atom is -0.396 e. The van der Waals surface area contributed by atoms with Crippen LogP contribution in [0.25, 0.3) is 20.8 Å². The van der Waals surface area contributed by atoms with Crippen LogP contribution in [0.15, 0.2) is 12.1 Å². The third-order valence-corrected chi connectivity index (χ3v) is 5.48. The number of nitrogens with two attached hydrogens (primary N) is 1. The van der Waals surface area contributed by atoms with E-state index in [1.165, 1.54) is 6.07 Å². The smallest absolute Gasteiger partial charge is 0.223 e.